The van der Waals surface area contributed by atoms with Crippen molar-refractivity contribution in [3.63, 3.8) is 0 Å². The summed E-state index contributed by atoms with van der Waals surface area (Å²) in [5, 5.41) is 9.91. The van der Waals surface area contributed by atoms with Gasteiger partial charge >= 0.3 is 0 Å². The van der Waals surface area contributed by atoms with E-state index >= 15 is 0 Å². The second-order valence-electron chi connectivity index (χ2n) is 4.62. The van der Waals surface area contributed by atoms with Gasteiger partial charge in [0.05, 0.1) is 6.10 Å². The third-order valence-electron chi connectivity index (χ3n) is 3.39. The molecule has 0 unspecified atom stereocenters. The van der Waals surface area contributed by atoms with Crippen molar-refractivity contribution in [2.45, 2.75) is 31.8 Å². The van der Waals surface area contributed by atoms with E-state index in [9.17, 15) is 9.90 Å². The number of aliphatic hydroxyl groups excluding tert-OH is 1. The number of ketones is 1. The van der Waals surface area contributed by atoms with E-state index in [-0.39, 0.29) is 5.78 Å². The van der Waals surface area contributed by atoms with Gasteiger partial charge in [-0.3, -0.25) is 4.79 Å². The first kappa shape index (κ1) is 12.1. The van der Waals surface area contributed by atoms with Gasteiger partial charge < -0.3 is 5.11 Å². The molecular formula is C15H18O2. The van der Waals surface area contributed by atoms with Crippen molar-refractivity contribution < 1.29 is 9.90 Å². The van der Waals surface area contributed by atoms with Crippen LogP contribution in [0.4, 0.5) is 0 Å². The molecule has 1 N–H and O–H groups in total. The van der Waals surface area contributed by atoms with Crippen LogP contribution in [0.3, 0.4) is 0 Å². The Balaban J connectivity index is 1.94. The summed E-state index contributed by atoms with van der Waals surface area (Å²) in [6.45, 7) is 0. The maximum absolute atomic E-state index is 11.8. The molecular weight excluding hydrogens is 212 g/mol. The molecule has 1 aliphatic carbocycles. The topological polar surface area (TPSA) is 37.3 Å². The Morgan fingerprint density at radius 3 is 2.53 bits per heavy atom. The summed E-state index contributed by atoms with van der Waals surface area (Å²) in [4.78, 5) is 11.8. The van der Waals surface area contributed by atoms with Crippen LogP contribution in [0, 0.1) is 5.92 Å². The molecule has 2 rings (SSSR count). The van der Waals surface area contributed by atoms with Gasteiger partial charge in [0.25, 0.3) is 0 Å². The van der Waals surface area contributed by atoms with E-state index in [0.29, 0.717) is 11.5 Å². The fourth-order valence-corrected chi connectivity index (χ4v) is 2.34. The van der Waals surface area contributed by atoms with E-state index in [1.807, 2.05) is 18.2 Å². The second-order valence-corrected chi connectivity index (χ2v) is 4.62. The van der Waals surface area contributed by atoms with Crippen LogP contribution in [0.2, 0.25) is 0 Å². The Hall–Kier alpha value is -1.41. The maximum Gasteiger partial charge on any atom is 0.185 e. The summed E-state index contributed by atoms with van der Waals surface area (Å²) in [5.74, 6) is 0.303. The van der Waals surface area contributed by atoms with Gasteiger partial charge in [0, 0.05) is 5.56 Å². The average Bonchev–Trinajstić information content (AvgIpc) is 2.90. The average molecular weight is 230 g/mol. The zero-order chi connectivity index (χ0) is 12.1. The lowest BCUT2D eigenvalue weighted by atomic mass is 10.00. The lowest BCUT2D eigenvalue weighted by Gasteiger charge is -2.12. The number of allylic oxidation sites excluding steroid dienone is 1. The maximum atomic E-state index is 11.8. The minimum atomic E-state index is -0.467. The van der Waals surface area contributed by atoms with Crippen LogP contribution in [-0.4, -0.2) is 17.0 Å². The first-order chi connectivity index (χ1) is 8.27. The van der Waals surface area contributed by atoms with E-state index in [2.05, 4.69) is 0 Å². The fraction of sp³-hybridized carbons (Fsp3) is 0.400. The van der Waals surface area contributed by atoms with Gasteiger partial charge in [-0.2, -0.15) is 0 Å². The molecule has 0 radical (unpaired) electrons. The summed E-state index contributed by atoms with van der Waals surface area (Å²) >= 11 is 0. The van der Waals surface area contributed by atoms with Gasteiger partial charge in [0.1, 0.15) is 0 Å². The van der Waals surface area contributed by atoms with Crippen LogP contribution in [-0.2, 0) is 0 Å². The zero-order valence-corrected chi connectivity index (χ0v) is 9.88. The van der Waals surface area contributed by atoms with Crippen LogP contribution in [0.15, 0.2) is 42.5 Å². The number of rotatable bonds is 4. The summed E-state index contributed by atoms with van der Waals surface area (Å²) < 4.78 is 0. The van der Waals surface area contributed by atoms with Crippen molar-refractivity contribution in [2.75, 3.05) is 0 Å². The van der Waals surface area contributed by atoms with E-state index in [1.165, 1.54) is 18.9 Å². The third-order valence-corrected chi connectivity index (χ3v) is 3.39. The highest BCUT2D eigenvalue weighted by atomic mass is 16.3. The van der Waals surface area contributed by atoms with Crippen molar-refractivity contribution in [2.24, 2.45) is 5.92 Å². The molecule has 1 saturated carbocycles. The van der Waals surface area contributed by atoms with Crippen molar-refractivity contribution in [1.29, 1.82) is 0 Å². The quantitative estimate of drug-likeness (QED) is 0.637. The van der Waals surface area contributed by atoms with Crippen LogP contribution in [0.25, 0.3) is 0 Å². The molecule has 2 heteroatoms. The lowest BCUT2D eigenvalue weighted by molar-refractivity contribution is 0.104. The Bertz CT molecular complexity index is 389. The minimum absolute atomic E-state index is 0.0392. The summed E-state index contributed by atoms with van der Waals surface area (Å²) in [6.07, 6.45) is 7.22. The predicted molar refractivity (Wildman–Crippen MR) is 67.9 cm³/mol. The van der Waals surface area contributed by atoms with Gasteiger partial charge in [0.2, 0.25) is 0 Å². The number of hydrogen-bond donors (Lipinski definition) is 1. The predicted octanol–water partition coefficient (Wildman–Crippen LogP) is 2.98. The van der Waals surface area contributed by atoms with E-state index in [0.717, 1.165) is 12.8 Å². The van der Waals surface area contributed by atoms with Gasteiger partial charge in [-0.25, -0.2) is 0 Å². The van der Waals surface area contributed by atoms with Crippen molar-refractivity contribution in [3.05, 3.63) is 48.0 Å². The molecule has 0 bridgehead atoms. The Kier molecular flexibility index (Phi) is 4.10. The molecule has 0 amide bonds. The van der Waals surface area contributed by atoms with E-state index in [4.69, 9.17) is 0 Å². The molecule has 2 nitrogen and oxygen atoms in total. The second kappa shape index (κ2) is 5.78. The van der Waals surface area contributed by atoms with Gasteiger partial charge in [0.15, 0.2) is 5.78 Å². The molecule has 1 aliphatic rings. The molecule has 1 aromatic rings. The Morgan fingerprint density at radius 1 is 1.24 bits per heavy atom. The number of benzene rings is 1. The molecule has 1 atom stereocenters. The zero-order valence-electron chi connectivity index (χ0n) is 9.88. The van der Waals surface area contributed by atoms with Crippen LogP contribution in [0.1, 0.15) is 36.0 Å². The normalized spacial score (nSPS) is 18.6. The van der Waals surface area contributed by atoms with Crippen LogP contribution >= 0.6 is 0 Å². The van der Waals surface area contributed by atoms with Crippen molar-refractivity contribution >= 4 is 5.78 Å². The Morgan fingerprint density at radius 2 is 1.88 bits per heavy atom. The molecule has 0 aliphatic heterocycles. The number of hydrogen-bond acceptors (Lipinski definition) is 2. The number of carbonyl (C=O) groups excluding carboxylic acids is 1. The lowest BCUT2D eigenvalue weighted by Crippen LogP contribution is -2.14. The minimum Gasteiger partial charge on any atom is -0.389 e. The third kappa shape index (κ3) is 3.27. The fourth-order valence-electron chi connectivity index (χ4n) is 2.34. The van der Waals surface area contributed by atoms with Gasteiger partial charge in [-0.15, -0.1) is 0 Å². The highest BCUT2D eigenvalue weighted by molar-refractivity contribution is 6.04. The smallest absolute Gasteiger partial charge is 0.185 e. The standard InChI is InChI=1S/C15H18O2/c16-14(12-6-2-1-3-7-12)10-11-15(17)13-8-4-5-9-13/h1-3,6-7,10-11,13,15,17H,4-5,8-9H2/b11-10+/t15-/m0/s1. The SMILES string of the molecule is O=C(/C=C/[C@H](O)C1CCCC1)c1ccccc1. The summed E-state index contributed by atoms with van der Waals surface area (Å²) in [7, 11) is 0. The van der Waals surface area contributed by atoms with Crippen molar-refractivity contribution in [3.8, 4) is 0 Å². The molecule has 0 aromatic heterocycles. The highest BCUT2D eigenvalue weighted by Crippen LogP contribution is 2.28. The van der Waals surface area contributed by atoms with E-state index < -0.39 is 6.10 Å². The van der Waals surface area contributed by atoms with Crippen molar-refractivity contribution in [1.82, 2.24) is 0 Å². The highest BCUT2D eigenvalue weighted by Gasteiger charge is 2.21. The Labute approximate surface area is 102 Å². The van der Waals surface area contributed by atoms with Gasteiger partial charge in [-0.05, 0) is 24.8 Å². The molecule has 1 aromatic carbocycles. The molecule has 0 heterocycles. The molecule has 0 spiro atoms. The molecule has 1 fully saturated rings. The van der Waals surface area contributed by atoms with E-state index in [1.54, 1.807) is 18.2 Å². The van der Waals surface area contributed by atoms with Crippen LogP contribution < -0.4 is 0 Å². The summed E-state index contributed by atoms with van der Waals surface area (Å²) in [5.41, 5.74) is 0.669. The first-order valence-electron chi connectivity index (χ1n) is 6.23. The first-order valence-corrected chi connectivity index (χ1v) is 6.23. The number of aliphatic hydroxyl groups is 1. The summed E-state index contributed by atoms with van der Waals surface area (Å²) in [6, 6.07) is 9.14. The largest absolute Gasteiger partial charge is 0.389 e. The van der Waals surface area contributed by atoms with Crippen LogP contribution in [0.5, 0.6) is 0 Å². The molecule has 0 saturated heterocycles. The monoisotopic (exact) mass is 230 g/mol. The molecule has 90 valence electrons. The number of carbonyl (C=O) groups is 1. The molecule has 17 heavy (non-hydrogen) atoms. The van der Waals surface area contributed by atoms with Gasteiger partial charge in [-0.1, -0.05) is 49.2 Å².